The van der Waals surface area contributed by atoms with E-state index in [1.807, 2.05) is 0 Å². The van der Waals surface area contributed by atoms with Crippen LogP contribution in [-0.4, -0.2) is 34.4 Å². The predicted molar refractivity (Wildman–Crippen MR) is 90.3 cm³/mol. The van der Waals surface area contributed by atoms with E-state index >= 15 is 0 Å². The topological polar surface area (TPSA) is 81.2 Å². The minimum atomic E-state index is -4.44. The second-order valence-corrected chi connectivity index (χ2v) is 5.93. The molecule has 27 heavy (non-hydrogen) atoms. The van der Waals surface area contributed by atoms with Gasteiger partial charge in [-0.1, -0.05) is 0 Å². The highest BCUT2D eigenvalue weighted by atomic mass is 19.4. The van der Waals surface area contributed by atoms with E-state index in [-0.39, 0.29) is 18.0 Å². The first-order valence-electron chi connectivity index (χ1n) is 8.05. The first-order valence-corrected chi connectivity index (χ1v) is 8.05. The number of nitrogens with one attached hydrogen (secondary N) is 1. The number of carbonyl (C=O) groups excluding carboxylic acids is 2. The summed E-state index contributed by atoms with van der Waals surface area (Å²) < 4.78 is 41.4. The third-order valence-electron chi connectivity index (χ3n) is 3.46. The molecule has 144 valence electrons. The Morgan fingerprint density at radius 1 is 1.19 bits per heavy atom. The average molecular weight is 381 g/mol. The van der Waals surface area contributed by atoms with Crippen LogP contribution >= 0.6 is 0 Å². The third-order valence-corrected chi connectivity index (χ3v) is 3.46. The molecule has 1 amide bonds. The van der Waals surface area contributed by atoms with Crippen molar-refractivity contribution in [1.82, 2.24) is 15.3 Å². The van der Waals surface area contributed by atoms with Gasteiger partial charge in [-0.15, -0.1) is 0 Å². The lowest BCUT2D eigenvalue weighted by atomic mass is 10.1. The normalized spacial score (nSPS) is 12.3. The fourth-order valence-corrected chi connectivity index (χ4v) is 2.24. The van der Waals surface area contributed by atoms with Gasteiger partial charge in [0.05, 0.1) is 11.7 Å². The number of alkyl halides is 3. The van der Waals surface area contributed by atoms with E-state index in [2.05, 4.69) is 20.0 Å². The molecule has 2 rings (SSSR count). The molecular weight excluding hydrogens is 363 g/mol. The molecule has 0 saturated heterocycles. The van der Waals surface area contributed by atoms with E-state index in [4.69, 9.17) is 0 Å². The molecule has 2 aromatic heterocycles. The number of aromatic nitrogens is 2. The zero-order valence-electron chi connectivity index (χ0n) is 14.7. The Morgan fingerprint density at radius 3 is 2.56 bits per heavy atom. The molecule has 9 heteroatoms. The van der Waals surface area contributed by atoms with Crippen LogP contribution in [0.4, 0.5) is 13.2 Å². The van der Waals surface area contributed by atoms with Crippen molar-refractivity contribution in [3.63, 3.8) is 0 Å². The largest absolute Gasteiger partial charge is 0.484 e. The SMILES string of the molecule is CC(=O)Cc1cc(C(=O)NC(C)c2cc(OCC(F)(F)F)ccn2)ccn1. The van der Waals surface area contributed by atoms with Gasteiger partial charge in [-0.3, -0.25) is 19.6 Å². The van der Waals surface area contributed by atoms with Crippen LogP contribution in [0.25, 0.3) is 0 Å². The van der Waals surface area contributed by atoms with E-state index in [0.29, 0.717) is 17.0 Å². The Labute approximate surface area is 153 Å². The molecule has 1 N–H and O–H groups in total. The molecule has 6 nitrogen and oxygen atoms in total. The molecular formula is C18H18F3N3O3. The van der Waals surface area contributed by atoms with Gasteiger partial charge in [-0.25, -0.2) is 0 Å². The van der Waals surface area contributed by atoms with Gasteiger partial charge in [0.15, 0.2) is 6.61 Å². The first-order chi connectivity index (χ1) is 12.6. The summed E-state index contributed by atoms with van der Waals surface area (Å²) in [6.45, 7) is 1.66. The fourth-order valence-electron chi connectivity index (χ4n) is 2.24. The number of rotatable bonds is 7. The van der Waals surface area contributed by atoms with E-state index in [0.717, 1.165) is 0 Å². The zero-order chi connectivity index (χ0) is 20.0. The van der Waals surface area contributed by atoms with Crippen LogP contribution in [0.15, 0.2) is 36.7 Å². The molecule has 0 radical (unpaired) electrons. The molecule has 0 saturated carbocycles. The van der Waals surface area contributed by atoms with Gasteiger partial charge >= 0.3 is 6.18 Å². The maximum Gasteiger partial charge on any atom is 0.422 e. The van der Waals surface area contributed by atoms with Crippen molar-refractivity contribution < 1.29 is 27.5 Å². The van der Waals surface area contributed by atoms with Gasteiger partial charge in [-0.05, 0) is 32.0 Å². The number of ether oxygens (including phenoxy) is 1. The number of hydrogen-bond donors (Lipinski definition) is 1. The summed E-state index contributed by atoms with van der Waals surface area (Å²) in [6, 6.07) is 5.09. The van der Waals surface area contributed by atoms with Crippen LogP contribution in [0.3, 0.4) is 0 Å². The highest BCUT2D eigenvalue weighted by molar-refractivity contribution is 5.94. The van der Waals surface area contributed by atoms with E-state index in [9.17, 15) is 22.8 Å². The Balaban J connectivity index is 2.05. The van der Waals surface area contributed by atoms with Crippen molar-refractivity contribution in [2.45, 2.75) is 32.5 Å². The Kier molecular flexibility index (Phi) is 6.49. The van der Waals surface area contributed by atoms with Crippen molar-refractivity contribution in [2.24, 2.45) is 0 Å². The summed E-state index contributed by atoms with van der Waals surface area (Å²) >= 11 is 0. The lowest BCUT2D eigenvalue weighted by molar-refractivity contribution is -0.153. The van der Waals surface area contributed by atoms with Gasteiger partial charge in [0, 0.05) is 36.1 Å². The Morgan fingerprint density at radius 2 is 1.89 bits per heavy atom. The van der Waals surface area contributed by atoms with Crippen LogP contribution in [0.5, 0.6) is 5.75 Å². The van der Waals surface area contributed by atoms with Gasteiger partial charge in [0.1, 0.15) is 11.5 Å². The molecule has 2 aromatic rings. The van der Waals surface area contributed by atoms with E-state index < -0.39 is 24.7 Å². The highest BCUT2D eigenvalue weighted by Gasteiger charge is 2.28. The predicted octanol–water partition coefficient (Wildman–Crippen LogP) is 3.04. The molecule has 1 unspecified atom stereocenters. The molecule has 0 aliphatic heterocycles. The van der Waals surface area contributed by atoms with Gasteiger partial charge in [0.2, 0.25) is 0 Å². The zero-order valence-corrected chi connectivity index (χ0v) is 14.7. The molecule has 0 spiro atoms. The summed E-state index contributed by atoms with van der Waals surface area (Å²) in [5.41, 5.74) is 1.14. The highest BCUT2D eigenvalue weighted by Crippen LogP contribution is 2.21. The van der Waals surface area contributed by atoms with Crippen LogP contribution < -0.4 is 10.1 Å². The summed E-state index contributed by atoms with van der Waals surface area (Å²) in [7, 11) is 0. The number of carbonyl (C=O) groups is 2. The summed E-state index contributed by atoms with van der Waals surface area (Å²) in [6.07, 6.45) is -1.58. The Bertz CT molecular complexity index is 825. The number of pyridine rings is 2. The lowest BCUT2D eigenvalue weighted by Crippen LogP contribution is -2.27. The molecule has 2 heterocycles. The van der Waals surface area contributed by atoms with Crippen molar-refractivity contribution >= 4 is 11.7 Å². The van der Waals surface area contributed by atoms with Crippen molar-refractivity contribution in [3.8, 4) is 5.75 Å². The summed E-state index contributed by atoms with van der Waals surface area (Å²) in [4.78, 5) is 31.6. The number of hydrogen-bond acceptors (Lipinski definition) is 5. The summed E-state index contributed by atoms with van der Waals surface area (Å²) in [5, 5.41) is 2.70. The average Bonchev–Trinajstić information content (AvgIpc) is 2.59. The second kappa shape index (κ2) is 8.61. The van der Waals surface area contributed by atoms with Crippen LogP contribution in [0.2, 0.25) is 0 Å². The number of ketones is 1. The minimum absolute atomic E-state index is 0.00563. The van der Waals surface area contributed by atoms with E-state index in [1.54, 1.807) is 6.92 Å². The minimum Gasteiger partial charge on any atom is -0.484 e. The van der Waals surface area contributed by atoms with Crippen LogP contribution in [-0.2, 0) is 11.2 Å². The molecule has 1 atom stereocenters. The summed E-state index contributed by atoms with van der Waals surface area (Å²) in [5.74, 6) is -0.488. The van der Waals surface area contributed by atoms with Crippen molar-refractivity contribution in [2.75, 3.05) is 6.61 Å². The van der Waals surface area contributed by atoms with E-state index in [1.165, 1.54) is 43.6 Å². The Hall–Kier alpha value is -2.97. The van der Waals surface area contributed by atoms with Gasteiger partial charge in [-0.2, -0.15) is 13.2 Å². The standard InChI is InChI=1S/C18H18F3N3O3/c1-11(25)7-14-8-13(3-5-22-14)17(26)24-12(2)16-9-15(4-6-23-16)27-10-18(19,20)21/h3-6,8-9,12H,7,10H2,1-2H3,(H,24,26). The maximum atomic E-state index is 12.4. The third kappa shape index (κ3) is 6.69. The number of halogens is 3. The molecule has 0 fully saturated rings. The molecule has 0 bridgehead atoms. The lowest BCUT2D eigenvalue weighted by Gasteiger charge is -2.15. The smallest absolute Gasteiger partial charge is 0.422 e. The van der Waals surface area contributed by atoms with Gasteiger partial charge < -0.3 is 10.1 Å². The van der Waals surface area contributed by atoms with Crippen LogP contribution in [0.1, 0.15) is 41.6 Å². The number of Topliss-reactive ketones (excluding diaryl/α,β-unsaturated/α-hetero) is 1. The fraction of sp³-hybridized carbons (Fsp3) is 0.333. The van der Waals surface area contributed by atoms with Crippen LogP contribution in [0, 0.1) is 0 Å². The van der Waals surface area contributed by atoms with Gasteiger partial charge in [0.25, 0.3) is 5.91 Å². The second-order valence-electron chi connectivity index (χ2n) is 5.93. The number of amides is 1. The van der Waals surface area contributed by atoms with Crippen molar-refractivity contribution in [3.05, 3.63) is 53.6 Å². The quantitative estimate of drug-likeness (QED) is 0.797. The first kappa shape index (κ1) is 20.3. The molecule has 0 aromatic carbocycles. The monoisotopic (exact) mass is 381 g/mol. The maximum absolute atomic E-state index is 12.4. The van der Waals surface area contributed by atoms with Crippen molar-refractivity contribution in [1.29, 1.82) is 0 Å². The number of nitrogens with zero attached hydrogens (tertiary/aromatic N) is 2. The molecule has 0 aliphatic rings. The molecule has 0 aliphatic carbocycles.